The Bertz CT molecular complexity index is 112. The van der Waals surface area contributed by atoms with Gasteiger partial charge in [-0.05, 0) is 12.8 Å². The van der Waals surface area contributed by atoms with Crippen molar-refractivity contribution in [3.8, 4) is 0 Å². The Morgan fingerprint density at radius 1 is 1.45 bits per heavy atom. The zero-order chi connectivity index (χ0) is 8.69. The Hall–Kier alpha value is 0.0200. The van der Waals surface area contributed by atoms with Crippen LogP contribution >= 0.6 is 11.8 Å². The van der Waals surface area contributed by atoms with E-state index in [0.717, 1.165) is 19.3 Å². The van der Waals surface area contributed by atoms with Gasteiger partial charge in [-0.15, -0.1) is 0 Å². The molecule has 1 unspecified atom stereocenters. The minimum atomic E-state index is 0.401. The maximum atomic E-state index is 11.0. The molecule has 0 aliphatic carbocycles. The van der Waals surface area contributed by atoms with E-state index in [9.17, 15) is 4.79 Å². The van der Waals surface area contributed by atoms with Crippen molar-refractivity contribution in [2.24, 2.45) is 0 Å². The molecule has 0 spiro atoms. The third-order valence-corrected chi connectivity index (χ3v) is 3.02. The molecule has 2 heteroatoms. The van der Waals surface area contributed by atoms with E-state index in [0.29, 0.717) is 16.8 Å². The van der Waals surface area contributed by atoms with Crippen molar-refractivity contribution in [2.75, 3.05) is 5.75 Å². The van der Waals surface area contributed by atoms with Crippen LogP contribution < -0.4 is 0 Å². The van der Waals surface area contributed by atoms with Crippen LogP contribution in [0.4, 0.5) is 0 Å². The first-order valence-electron chi connectivity index (χ1n) is 4.34. The van der Waals surface area contributed by atoms with Crippen molar-refractivity contribution >= 4 is 17.5 Å². The fourth-order valence-corrected chi connectivity index (χ4v) is 1.55. The Morgan fingerprint density at radius 2 is 2.09 bits per heavy atom. The van der Waals surface area contributed by atoms with Crippen LogP contribution in [-0.4, -0.2) is 16.8 Å². The Morgan fingerprint density at radius 3 is 2.55 bits per heavy atom. The van der Waals surface area contributed by atoms with Gasteiger partial charge in [-0.25, -0.2) is 0 Å². The lowest BCUT2D eigenvalue weighted by Crippen LogP contribution is -2.04. The van der Waals surface area contributed by atoms with Crippen LogP contribution in [0.3, 0.4) is 0 Å². The first kappa shape index (κ1) is 11.0. The van der Waals surface area contributed by atoms with E-state index in [-0.39, 0.29) is 0 Å². The summed E-state index contributed by atoms with van der Waals surface area (Å²) in [5.74, 6) is 1.11. The molecule has 0 saturated carbocycles. The summed E-state index contributed by atoms with van der Waals surface area (Å²) in [7, 11) is 0. The summed E-state index contributed by atoms with van der Waals surface area (Å²) < 4.78 is 0. The van der Waals surface area contributed by atoms with Gasteiger partial charge in [0.2, 0.25) is 0 Å². The van der Waals surface area contributed by atoms with E-state index >= 15 is 0 Å². The number of carbonyl (C=O) groups excluding carboxylic acids is 1. The second kappa shape index (κ2) is 6.71. The van der Waals surface area contributed by atoms with Crippen molar-refractivity contribution in [1.29, 1.82) is 0 Å². The summed E-state index contributed by atoms with van der Waals surface area (Å²) in [4.78, 5) is 11.0. The average Bonchev–Trinajstić information content (AvgIpc) is 2.01. The van der Waals surface area contributed by atoms with E-state index in [4.69, 9.17) is 0 Å². The number of carbonyl (C=O) groups is 1. The zero-order valence-electron chi connectivity index (χ0n) is 7.72. The van der Waals surface area contributed by atoms with E-state index in [1.807, 2.05) is 6.92 Å². The second-order valence-corrected chi connectivity index (χ2v) is 4.25. The normalized spacial score (nSPS) is 13.0. The maximum Gasteiger partial charge on any atom is 0.142 e. The van der Waals surface area contributed by atoms with Gasteiger partial charge < -0.3 is 0 Å². The quantitative estimate of drug-likeness (QED) is 0.616. The molecule has 0 saturated heterocycles. The molecular formula is C9H18OS. The van der Waals surface area contributed by atoms with Gasteiger partial charge >= 0.3 is 0 Å². The lowest BCUT2D eigenvalue weighted by Gasteiger charge is -2.05. The molecule has 0 aromatic carbocycles. The predicted octanol–water partition coefficient (Wildman–Crippen LogP) is 2.89. The Labute approximate surface area is 73.9 Å². The van der Waals surface area contributed by atoms with Gasteiger partial charge in [0.25, 0.3) is 0 Å². The summed E-state index contributed by atoms with van der Waals surface area (Å²) in [5.41, 5.74) is 0. The van der Waals surface area contributed by atoms with E-state index < -0.39 is 0 Å². The molecule has 1 nitrogen and oxygen atoms in total. The smallest absolute Gasteiger partial charge is 0.142 e. The number of ketones is 1. The van der Waals surface area contributed by atoms with E-state index in [1.165, 1.54) is 0 Å². The predicted molar refractivity (Wildman–Crippen MR) is 52.1 cm³/mol. The number of Topliss-reactive ketones (excluding diaryl/α,β-unsaturated/α-hetero) is 1. The highest BCUT2D eigenvalue weighted by molar-refractivity contribution is 8.00. The van der Waals surface area contributed by atoms with E-state index in [1.54, 1.807) is 11.8 Å². The van der Waals surface area contributed by atoms with Crippen LogP contribution in [-0.2, 0) is 4.79 Å². The van der Waals surface area contributed by atoms with Crippen LogP contribution in [0.2, 0.25) is 0 Å². The summed E-state index contributed by atoms with van der Waals surface area (Å²) in [6.45, 7) is 6.37. The number of thioether (sulfide) groups is 1. The molecule has 0 bridgehead atoms. The standard InChI is InChI=1S/C9H18OS/c1-4-6-9(10)7-11-8(3)5-2/h8H,4-7H2,1-3H3. The Balaban J connectivity index is 3.30. The summed E-state index contributed by atoms with van der Waals surface area (Å²) in [5, 5.41) is 0.635. The molecule has 0 aromatic heterocycles. The van der Waals surface area contributed by atoms with Crippen LogP contribution in [0.25, 0.3) is 0 Å². The van der Waals surface area contributed by atoms with Crippen LogP contribution in [0, 0.1) is 0 Å². The minimum Gasteiger partial charge on any atom is -0.299 e. The third-order valence-electron chi connectivity index (χ3n) is 1.63. The lowest BCUT2D eigenvalue weighted by molar-refractivity contribution is -0.116. The molecule has 66 valence electrons. The fourth-order valence-electron chi connectivity index (χ4n) is 0.704. The summed E-state index contributed by atoms with van der Waals surface area (Å²) in [6.07, 6.45) is 2.90. The highest BCUT2D eigenvalue weighted by atomic mass is 32.2. The molecule has 0 heterocycles. The zero-order valence-corrected chi connectivity index (χ0v) is 8.54. The molecular weight excluding hydrogens is 156 g/mol. The number of rotatable bonds is 6. The SMILES string of the molecule is CCCC(=O)CSC(C)CC. The molecule has 0 N–H and O–H groups in total. The molecule has 0 aliphatic heterocycles. The monoisotopic (exact) mass is 174 g/mol. The maximum absolute atomic E-state index is 11.0. The van der Waals surface area contributed by atoms with Gasteiger partial charge in [-0.3, -0.25) is 4.79 Å². The van der Waals surface area contributed by atoms with E-state index in [2.05, 4.69) is 13.8 Å². The molecule has 11 heavy (non-hydrogen) atoms. The topological polar surface area (TPSA) is 17.1 Å². The lowest BCUT2D eigenvalue weighted by atomic mass is 10.3. The second-order valence-electron chi connectivity index (χ2n) is 2.82. The van der Waals surface area contributed by atoms with Crippen LogP contribution in [0.15, 0.2) is 0 Å². The van der Waals surface area contributed by atoms with Crippen molar-refractivity contribution in [2.45, 2.75) is 45.3 Å². The van der Waals surface area contributed by atoms with Gasteiger partial charge in [0, 0.05) is 11.7 Å². The largest absolute Gasteiger partial charge is 0.299 e. The molecule has 0 aliphatic rings. The van der Waals surface area contributed by atoms with Crippen LogP contribution in [0.5, 0.6) is 0 Å². The van der Waals surface area contributed by atoms with Crippen molar-refractivity contribution in [1.82, 2.24) is 0 Å². The highest BCUT2D eigenvalue weighted by Crippen LogP contribution is 2.13. The van der Waals surface area contributed by atoms with Crippen molar-refractivity contribution in [3.05, 3.63) is 0 Å². The molecule has 0 aromatic rings. The van der Waals surface area contributed by atoms with Crippen LogP contribution in [0.1, 0.15) is 40.0 Å². The molecule has 0 fully saturated rings. The van der Waals surface area contributed by atoms with Crippen molar-refractivity contribution in [3.63, 3.8) is 0 Å². The van der Waals surface area contributed by atoms with Gasteiger partial charge in [0.15, 0.2) is 0 Å². The number of hydrogen-bond acceptors (Lipinski definition) is 2. The van der Waals surface area contributed by atoms with Gasteiger partial charge in [0.1, 0.15) is 5.78 Å². The Kier molecular flexibility index (Phi) is 6.73. The third kappa shape index (κ3) is 6.42. The van der Waals surface area contributed by atoms with Gasteiger partial charge in [0.05, 0.1) is 5.75 Å². The molecule has 1 atom stereocenters. The fraction of sp³-hybridized carbons (Fsp3) is 0.889. The molecule has 0 amide bonds. The first-order chi connectivity index (χ1) is 5.20. The van der Waals surface area contributed by atoms with Gasteiger partial charge in [-0.2, -0.15) is 11.8 Å². The molecule has 0 rings (SSSR count). The minimum absolute atomic E-state index is 0.401. The molecule has 0 radical (unpaired) electrons. The highest BCUT2D eigenvalue weighted by Gasteiger charge is 2.03. The summed E-state index contributed by atoms with van der Waals surface area (Å²) >= 11 is 1.77. The van der Waals surface area contributed by atoms with Crippen molar-refractivity contribution < 1.29 is 4.79 Å². The number of hydrogen-bond donors (Lipinski definition) is 0. The average molecular weight is 174 g/mol. The first-order valence-corrected chi connectivity index (χ1v) is 5.38. The van der Waals surface area contributed by atoms with Gasteiger partial charge in [-0.1, -0.05) is 20.8 Å². The summed E-state index contributed by atoms with van der Waals surface area (Å²) in [6, 6.07) is 0.